The van der Waals surface area contributed by atoms with Crippen LogP contribution in [0.3, 0.4) is 0 Å². The van der Waals surface area contributed by atoms with Gasteiger partial charge in [0, 0.05) is 5.02 Å². The van der Waals surface area contributed by atoms with Crippen molar-refractivity contribution < 1.29 is 14.3 Å². The summed E-state index contributed by atoms with van der Waals surface area (Å²) < 4.78 is 12.0. The second kappa shape index (κ2) is 10.2. The summed E-state index contributed by atoms with van der Waals surface area (Å²) in [5.41, 5.74) is 2.85. The fraction of sp³-hybridized carbons (Fsp3) is 0.120. The molecule has 162 valence electrons. The van der Waals surface area contributed by atoms with E-state index in [0.29, 0.717) is 38.9 Å². The number of carbonyl (C=O) groups is 1. The van der Waals surface area contributed by atoms with Crippen LogP contribution in [0, 0.1) is 0 Å². The predicted octanol–water partition coefficient (Wildman–Crippen LogP) is 6.33. The van der Waals surface area contributed by atoms with Crippen molar-refractivity contribution in [3.8, 4) is 11.5 Å². The van der Waals surface area contributed by atoms with Crippen LogP contribution in [0.2, 0.25) is 5.02 Å². The van der Waals surface area contributed by atoms with Crippen LogP contribution in [-0.2, 0) is 17.9 Å². The van der Waals surface area contributed by atoms with Crippen LogP contribution in [0.15, 0.2) is 77.7 Å². The summed E-state index contributed by atoms with van der Waals surface area (Å²) in [5.74, 6) is 1.12. The lowest BCUT2D eigenvalue weighted by atomic mass is 10.1. The van der Waals surface area contributed by atoms with Crippen molar-refractivity contribution in [3.63, 3.8) is 0 Å². The highest BCUT2D eigenvalue weighted by atomic mass is 35.5. The summed E-state index contributed by atoms with van der Waals surface area (Å²) in [5, 5.41) is 0.679. The average Bonchev–Trinajstić information content (AvgIpc) is 3.07. The van der Waals surface area contributed by atoms with Crippen LogP contribution in [-0.4, -0.2) is 22.2 Å². The molecule has 3 aromatic rings. The molecule has 4 nitrogen and oxygen atoms in total. The lowest BCUT2D eigenvalue weighted by Gasteiger charge is -2.14. The van der Waals surface area contributed by atoms with E-state index in [1.807, 2.05) is 78.9 Å². The molecule has 1 heterocycles. The Morgan fingerprint density at radius 2 is 1.75 bits per heavy atom. The summed E-state index contributed by atoms with van der Waals surface area (Å²) in [4.78, 5) is 15.2. The molecule has 3 aromatic carbocycles. The Balaban J connectivity index is 1.51. The highest BCUT2D eigenvalue weighted by molar-refractivity contribution is 8.26. The third-order valence-electron chi connectivity index (χ3n) is 4.85. The molecular weight excluding hydrogens is 462 g/mol. The Labute approximate surface area is 201 Å². The summed E-state index contributed by atoms with van der Waals surface area (Å²) in [6, 6.07) is 22.9. The molecule has 32 heavy (non-hydrogen) atoms. The Bertz CT molecular complexity index is 1160. The topological polar surface area (TPSA) is 38.8 Å². The van der Waals surface area contributed by atoms with Gasteiger partial charge in [0.2, 0.25) is 0 Å². The zero-order chi connectivity index (χ0) is 22.5. The Hall–Kier alpha value is -2.80. The maximum atomic E-state index is 13.0. The number of amides is 1. The second-order valence-electron chi connectivity index (χ2n) is 7.08. The van der Waals surface area contributed by atoms with Gasteiger partial charge in [0.1, 0.15) is 10.9 Å². The van der Waals surface area contributed by atoms with Crippen LogP contribution in [0.4, 0.5) is 0 Å². The van der Waals surface area contributed by atoms with Gasteiger partial charge < -0.3 is 9.47 Å². The van der Waals surface area contributed by atoms with Crippen molar-refractivity contribution in [1.82, 2.24) is 4.90 Å². The lowest BCUT2D eigenvalue weighted by Crippen LogP contribution is -2.27. The van der Waals surface area contributed by atoms with E-state index in [1.54, 1.807) is 12.0 Å². The highest BCUT2D eigenvalue weighted by Gasteiger charge is 2.32. The van der Waals surface area contributed by atoms with Crippen LogP contribution < -0.4 is 9.47 Å². The number of nitrogens with zero attached hydrogens (tertiary/aromatic N) is 1. The molecule has 7 heteroatoms. The molecule has 0 N–H and O–H groups in total. The SMILES string of the molecule is COc1ccc(C=C2SC(=S)N(Cc3ccccc3)C2=O)cc1OCc1ccc(Cl)cc1. The molecular formula is C25H20ClNO3S2. The maximum Gasteiger partial charge on any atom is 0.266 e. The van der Waals surface area contributed by atoms with Crippen LogP contribution in [0.5, 0.6) is 11.5 Å². The van der Waals surface area contributed by atoms with Gasteiger partial charge >= 0.3 is 0 Å². The molecule has 1 amide bonds. The van der Waals surface area contributed by atoms with E-state index in [9.17, 15) is 4.79 Å². The van der Waals surface area contributed by atoms with E-state index >= 15 is 0 Å². The number of thioether (sulfide) groups is 1. The number of thiocarbonyl (C=S) groups is 1. The largest absolute Gasteiger partial charge is 0.493 e. The van der Waals surface area contributed by atoms with Gasteiger partial charge in [0.15, 0.2) is 11.5 Å². The van der Waals surface area contributed by atoms with Gasteiger partial charge in [-0.15, -0.1) is 0 Å². The number of rotatable bonds is 7. The zero-order valence-corrected chi connectivity index (χ0v) is 19.7. The average molecular weight is 482 g/mol. The third kappa shape index (κ3) is 5.33. The molecule has 1 saturated heterocycles. The molecule has 4 rings (SSSR count). The smallest absolute Gasteiger partial charge is 0.266 e. The Morgan fingerprint density at radius 3 is 2.47 bits per heavy atom. The number of halogens is 1. The number of carbonyl (C=O) groups excluding carboxylic acids is 1. The second-order valence-corrected chi connectivity index (χ2v) is 9.19. The van der Waals surface area contributed by atoms with Crippen LogP contribution in [0.25, 0.3) is 6.08 Å². The predicted molar refractivity (Wildman–Crippen MR) is 134 cm³/mol. The first-order chi connectivity index (χ1) is 15.5. The monoisotopic (exact) mass is 481 g/mol. The molecule has 0 bridgehead atoms. The molecule has 0 radical (unpaired) electrons. The lowest BCUT2D eigenvalue weighted by molar-refractivity contribution is -0.122. The van der Waals surface area contributed by atoms with Gasteiger partial charge in [-0.3, -0.25) is 9.69 Å². The van der Waals surface area contributed by atoms with E-state index in [-0.39, 0.29) is 5.91 Å². The number of hydrogen-bond acceptors (Lipinski definition) is 5. The number of benzene rings is 3. The fourth-order valence-electron chi connectivity index (χ4n) is 3.19. The van der Waals surface area contributed by atoms with Gasteiger partial charge in [0.05, 0.1) is 18.6 Å². The summed E-state index contributed by atoms with van der Waals surface area (Å²) in [6.07, 6.45) is 1.83. The minimum Gasteiger partial charge on any atom is -0.493 e. The van der Waals surface area contributed by atoms with Crippen molar-refractivity contribution in [2.24, 2.45) is 0 Å². The Morgan fingerprint density at radius 1 is 1.00 bits per heavy atom. The molecule has 0 unspecified atom stereocenters. The number of hydrogen-bond donors (Lipinski definition) is 0. The van der Waals surface area contributed by atoms with Gasteiger partial charge in [-0.1, -0.05) is 84.1 Å². The van der Waals surface area contributed by atoms with E-state index in [1.165, 1.54) is 11.8 Å². The molecule has 0 aromatic heterocycles. The van der Waals surface area contributed by atoms with Crippen molar-refractivity contribution in [2.75, 3.05) is 7.11 Å². The molecule has 1 aliphatic heterocycles. The maximum absolute atomic E-state index is 13.0. The summed E-state index contributed by atoms with van der Waals surface area (Å²) >= 11 is 12.7. The van der Waals surface area contributed by atoms with Gasteiger partial charge in [-0.05, 0) is 47.0 Å². The summed E-state index contributed by atoms with van der Waals surface area (Å²) in [6.45, 7) is 0.830. The standard InChI is InChI=1S/C25H20ClNO3S2/c1-29-21-12-9-19(13-22(21)30-16-18-7-10-20(26)11-8-18)14-23-24(28)27(25(31)32-23)15-17-5-3-2-4-6-17/h2-14H,15-16H2,1H3. The van der Waals surface area contributed by atoms with E-state index in [0.717, 1.165) is 16.7 Å². The molecule has 0 aliphatic carbocycles. The van der Waals surface area contributed by atoms with Crippen molar-refractivity contribution >= 4 is 51.9 Å². The number of methoxy groups -OCH3 is 1. The van der Waals surface area contributed by atoms with Gasteiger partial charge in [-0.2, -0.15) is 0 Å². The van der Waals surface area contributed by atoms with E-state index < -0.39 is 0 Å². The summed E-state index contributed by atoms with van der Waals surface area (Å²) in [7, 11) is 1.60. The van der Waals surface area contributed by atoms with E-state index in [4.69, 9.17) is 33.3 Å². The molecule has 1 fully saturated rings. The van der Waals surface area contributed by atoms with Crippen molar-refractivity contribution in [1.29, 1.82) is 0 Å². The quantitative estimate of drug-likeness (QED) is 0.291. The number of ether oxygens (including phenoxy) is 2. The molecule has 0 atom stereocenters. The van der Waals surface area contributed by atoms with Crippen molar-refractivity contribution in [2.45, 2.75) is 13.2 Å². The first kappa shape index (κ1) is 22.4. The first-order valence-electron chi connectivity index (χ1n) is 9.88. The molecule has 0 saturated carbocycles. The highest BCUT2D eigenvalue weighted by Crippen LogP contribution is 2.35. The van der Waals surface area contributed by atoms with E-state index in [2.05, 4.69) is 0 Å². The zero-order valence-electron chi connectivity index (χ0n) is 17.3. The van der Waals surface area contributed by atoms with Gasteiger partial charge in [-0.25, -0.2) is 0 Å². The minimum absolute atomic E-state index is 0.0942. The minimum atomic E-state index is -0.0942. The first-order valence-corrected chi connectivity index (χ1v) is 11.5. The molecule has 0 spiro atoms. The fourth-order valence-corrected chi connectivity index (χ4v) is 4.57. The molecule has 1 aliphatic rings. The van der Waals surface area contributed by atoms with Crippen LogP contribution in [0.1, 0.15) is 16.7 Å². The van der Waals surface area contributed by atoms with Crippen molar-refractivity contribution in [3.05, 3.63) is 99.4 Å². The normalized spacial score (nSPS) is 14.8. The third-order valence-corrected chi connectivity index (χ3v) is 6.48. The van der Waals surface area contributed by atoms with Gasteiger partial charge in [0.25, 0.3) is 5.91 Å². The van der Waals surface area contributed by atoms with Crippen LogP contribution >= 0.6 is 35.6 Å². The Kier molecular flexibility index (Phi) is 7.15.